The molecular formula is C17H20N2O2S. The van der Waals surface area contributed by atoms with Crippen molar-refractivity contribution in [3.05, 3.63) is 45.1 Å². The first kappa shape index (κ1) is 16.2. The van der Waals surface area contributed by atoms with Crippen molar-refractivity contribution in [1.82, 2.24) is 0 Å². The molecule has 2 rings (SSSR count). The highest BCUT2D eigenvalue weighted by Gasteiger charge is 2.14. The molecule has 1 heterocycles. The quantitative estimate of drug-likeness (QED) is 0.890. The Hall–Kier alpha value is -2.14. The minimum atomic E-state index is -0.131. The van der Waals surface area contributed by atoms with Crippen LogP contribution < -0.4 is 10.6 Å². The second-order valence-corrected chi connectivity index (χ2v) is 6.32. The second-order valence-electron chi connectivity index (χ2n) is 5.18. The molecule has 0 spiro atoms. The van der Waals surface area contributed by atoms with Crippen LogP contribution in [0.3, 0.4) is 0 Å². The van der Waals surface area contributed by atoms with Crippen molar-refractivity contribution in [2.45, 2.75) is 34.1 Å². The molecule has 0 unspecified atom stereocenters. The summed E-state index contributed by atoms with van der Waals surface area (Å²) >= 11 is 1.53. The minimum absolute atomic E-state index is 0.115. The fourth-order valence-corrected chi connectivity index (χ4v) is 3.27. The molecule has 5 heteroatoms. The Bertz CT molecular complexity index is 719. The summed E-state index contributed by atoms with van der Waals surface area (Å²) in [5.41, 5.74) is 3.42. The highest BCUT2D eigenvalue weighted by molar-refractivity contribution is 7.14. The molecule has 22 heavy (non-hydrogen) atoms. The zero-order valence-corrected chi connectivity index (χ0v) is 14.1. The third kappa shape index (κ3) is 3.54. The van der Waals surface area contributed by atoms with Crippen LogP contribution in [0.2, 0.25) is 0 Å². The van der Waals surface area contributed by atoms with E-state index in [1.807, 2.05) is 38.1 Å². The molecule has 0 bridgehead atoms. The van der Waals surface area contributed by atoms with Crippen LogP contribution >= 0.6 is 11.3 Å². The zero-order valence-electron chi connectivity index (χ0n) is 13.2. The molecule has 1 aromatic heterocycles. The molecule has 0 fully saturated rings. The SMILES string of the molecule is CCc1sc(C(=O)Nc2cccc(NC(C)=O)c2C)cc1C. The van der Waals surface area contributed by atoms with Gasteiger partial charge in [0.15, 0.2) is 0 Å². The highest BCUT2D eigenvalue weighted by Crippen LogP contribution is 2.26. The number of hydrogen-bond donors (Lipinski definition) is 2. The van der Waals surface area contributed by atoms with Crippen LogP contribution in [0.15, 0.2) is 24.3 Å². The number of thiophene rings is 1. The molecule has 0 atom stereocenters. The first-order valence-corrected chi connectivity index (χ1v) is 8.02. The van der Waals surface area contributed by atoms with Crippen LogP contribution in [-0.4, -0.2) is 11.8 Å². The maximum absolute atomic E-state index is 12.4. The topological polar surface area (TPSA) is 58.2 Å². The second kappa shape index (κ2) is 6.75. The monoisotopic (exact) mass is 316 g/mol. The normalized spacial score (nSPS) is 10.4. The highest BCUT2D eigenvalue weighted by atomic mass is 32.1. The van der Waals surface area contributed by atoms with E-state index in [0.717, 1.165) is 17.5 Å². The van der Waals surface area contributed by atoms with Crippen molar-refractivity contribution >= 4 is 34.5 Å². The average molecular weight is 316 g/mol. The number of nitrogens with one attached hydrogen (secondary N) is 2. The molecule has 0 aliphatic heterocycles. The van der Waals surface area contributed by atoms with Gasteiger partial charge in [0.2, 0.25) is 5.91 Å². The van der Waals surface area contributed by atoms with Gasteiger partial charge in [0, 0.05) is 23.2 Å². The summed E-state index contributed by atoms with van der Waals surface area (Å²) in [6, 6.07) is 7.38. The van der Waals surface area contributed by atoms with E-state index in [9.17, 15) is 9.59 Å². The number of carbonyl (C=O) groups excluding carboxylic acids is 2. The van der Waals surface area contributed by atoms with Crippen molar-refractivity contribution in [3.63, 3.8) is 0 Å². The Labute approximate surface area is 134 Å². The molecule has 2 N–H and O–H groups in total. The maximum Gasteiger partial charge on any atom is 0.265 e. The number of rotatable bonds is 4. The van der Waals surface area contributed by atoms with Crippen LogP contribution in [-0.2, 0) is 11.2 Å². The summed E-state index contributed by atoms with van der Waals surface area (Å²) in [4.78, 5) is 25.5. The molecule has 2 amide bonds. The van der Waals surface area contributed by atoms with Gasteiger partial charge < -0.3 is 10.6 Å². The Kier molecular flexibility index (Phi) is 4.98. The van der Waals surface area contributed by atoms with E-state index in [0.29, 0.717) is 16.3 Å². The van der Waals surface area contributed by atoms with E-state index in [1.165, 1.54) is 23.1 Å². The van der Waals surface area contributed by atoms with E-state index in [2.05, 4.69) is 17.6 Å². The minimum Gasteiger partial charge on any atom is -0.326 e. The summed E-state index contributed by atoms with van der Waals surface area (Å²) in [7, 11) is 0. The Morgan fingerprint density at radius 1 is 1.14 bits per heavy atom. The number of benzene rings is 1. The van der Waals surface area contributed by atoms with Gasteiger partial charge in [-0.1, -0.05) is 13.0 Å². The van der Waals surface area contributed by atoms with Crippen LogP contribution in [0, 0.1) is 13.8 Å². The van der Waals surface area contributed by atoms with Gasteiger partial charge in [-0.05, 0) is 49.6 Å². The van der Waals surface area contributed by atoms with Crippen molar-refractivity contribution in [1.29, 1.82) is 0 Å². The lowest BCUT2D eigenvalue weighted by Gasteiger charge is -2.12. The van der Waals surface area contributed by atoms with E-state index < -0.39 is 0 Å². The fraction of sp³-hybridized carbons (Fsp3) is 0.294. The fourth-order valence-electron chi connectivity index (χ4n) is 2.26. The van der Waals surface area contributed by atoms with Crippen molar-refractivity contribution in [2.75, 3.05) is 10.6 Å². The lowest BCUT2D eigenvalue weighted by molar-refractivity contribution is -0.114. The molecular weight excluding hydrogens is 296 g/mol. The van der Waals surface area contributed by atoms with Crippen LogP contribution in [0.1, 0.15) is 39.5 Å². The maximum atomic E-state index is 12.4. The smallest absolute Gasteiger partial charge is 0.265 e. The Balaban J connectivity index is 2.22. The molecule has 4 nitrogen and oxygen atoms in total. The van der Waals surface area contributed by atoms with Gasteiger partial charge >= 0.3 is 0 Å². The summed E-state index contributed by atoms with van der Waals surface area (Å²) in [5, 5.41) is 5.69. The van der Waals surface area contributed by atoms with Gasteiger partial charge in [0.1, 0.15) is 0 Å². The third-order valence-corrected chi connectivity index (χ3v) is 4.84. The molecule has 0 aliphatic carbocycles. The lowest BCUT2D eigenvalue weighted by atomic mass is 10.1. The lowest BCUT2D eigenvalue weighted by Crippen LogP contribution is -2.13. The van der Waals surface area contributed by atoms with E-state index >= 15 is 0 Å². The van der Waals surface area contributed by atoms with Crippen molar-refractivity contribution < 1.29 is 9.59 Å². The summed E-state index contributed by atoms with van der Waals surface area (Å²) in [5.74, 6) is -0.246. The van der Waals surface area contributed by atoms with Crippen LogP contribution in [0.4, 0.5) is 11.4 Å². The van der Waals surface area contributed by atoms with Crippen LogP contribution in [0.5, 0.6) is 0 Å². The number of hydrogen-bond acceptors (Lipinski definition) is 3. The summed E-state index contributed by atoms with van der Waals surface area (Å²) < 4.78 is 0. The molecule has 0 saturated heterocycles. The van der Waals surface area contributed by atoms with E-state index in [1.54, 1.807) is 0 Å². The van der Waals surface area contributed by atoms with Gasteiger partial charge in [-0.15, -0.1) is 11.3 Å². The first-order valence-electron chi connectivity index (χ1n) is 7.20. The number of carbonyl (C=O) groups is 2. The Morgan fingerprint density at radius 2 is 1.77 bits per heavy atom. The molecule has 1 aromatic carbocycles. The molecule has 2 aromatic rings. The van der Waals surface area contributed by atoms with Crippen LogP contribution in [0.25, 0.3) is 0 Å². The van der Waals surface area contributed by atoms with E-state index in [-0.39, 0.29) is 11.8 Å². The molecule has 0 aliphatic rings. The number of amides is 2. The van der Waals surface area contributed by atoms with Gasteiger partial charge in [-0.2, -0.15) is 0 Å². The largest absolute Gasteiger partial charge is 0.326 e. The molecule has 0 saturated carbocycles. The van der Waals surface area contributed by atoms with Gasteiger partial charge in [-0.25, -0.2) is 0 Å². The van der Waals surface area contributed by atoms with Gasteiger partial charge in [0.05, 0.1) is 4.88 Å². The molecule has 116 valence electrons. The predicted octanol–water partition coefficient (Wildman–Crippen LogP) is 4.14. The number of aryl methyl sites for hydroxylation is 2. The standard InChI is InChI=1S/C17H20N2O2S/c1-5-15-10(2)9-16(22-15)17(21)19-14-8-6-7-13(11(14)3)18-12(4)20/h6-9H,5H2,1-4H3,(H,18,20)(H,19,21). The summed E-state index contributed by atoms with van der Waals surface area (Å²) in [6.07, 6.45) is 0.931. The van der Waals surface area contributed by atoms with Gasteiger partial charge in [0.25, 0.3) is 5.91 Å². The predicted molar refractivity (Wildman–Crippen MR) is 91.9 cm³/mol. The molecule has 0 radical (unpaired) electrons. The third-order valence-electron chi connectivity index (χ3n) is 3.46. The van der Waals surface area contributed by atoms with E-state index in [4.69, 9.17) is 0 Å². The van der Waals surface area contributed by atoms with Crippen molar-refractivity contribution in [2.24, 2.45) is 0 Å². The Morgan fingerprint density at radius 3 is 2.32 bits per heavy atom. The number of anilines is 2. The van der Waals surface area contributed by atoms with Gasteiger partial charge in [-0.3, -0.25) is 9.59 Å². The zero-order chi connectivity index (χ0) is 16.3. The first-order chi connectivity index (χ1) is 10.4. The summed E-state index contributed by atoms with van der Waals surface area (Å²) in [6.45, 7) is 7.44. The van der Waals surface area contributed by atoms with Crippen molar-refractivity contribution in [3.8, 4) is 0 Å². The average Bonchev–Trinajstić information content (AvgIpc) is 2.84.